The first-order valence-corrected chi connectivity index (χ1v) is 11.1. The quantitative estimate of drug-likeness (QED) is 0.348. The lowest BCUT2D eigenvalue weighted by Gasteiger charge is -2.26. The van der Waals surface area contributed by atoms with E-state index in [1.54, 1.807) is 30.5 Å². The number of carbonyl (C=O) groups excluding carboxylic acids is 3. The van der Waals surface area contributed by atoms with E-state index in [1.807, 2.05) is 26.0 Å². The van der Waals surface area contributed by atoms with Gasteiger partial charge in [-0.15, -0.1) is 0 Å². The number of likely N-dealkylation sites (tertiary alicyclic amines) is 1. The Hall–Kier alpha value is -2.93. The van der Waals surface area contributed by atoms with Crippen molar-refractivity contribution in [1.29, 1.82) is 0 Å². The number of benzene rings is 1. The molecule has 4 rings (SSSR count). The van der Waals surface area contributed by atoms with Gasteiger partial charge < -0.3 is 9.15 Å². The Morgan fingerprint density at radius 2 is 1.78 bits per heavy atom. The van der Waals surface area contributed by atoms with Gasteiger partial charge in [0.2, 0.25) is 17.7 Å². The van der Waals surface area contributed by atoms with Gasteiger partial charge in [0.05, 0.1) is 18.0 Å². The zero-order valence-electron chi connectivity index (χ0n) is 18.0. The number of esters is 1. The molecule has 0 N–H and O–H groups in total. The van der Waals surface area contributed by atoms with Crippen LogP contribution < -0.4 is 0 Å². The van der Waals surface area contributed by atoms with Gasteiger partial charge in [-0.05, 0) is 49.4 Å². The van der Waals surface area contributed by atoms with Crippen LogP contribution >= 0.6 is 11.6 Å². The van der Waals surface area contributed by atoms with Crippen molar-refractivity contribution in [2.75, 3.05) is 0 Å². The van der Waals surface area contributed by atoms with Gasteiger partial charge in [-0.25, -0.2) is 9.78 Å². The second kappa shape index (κ2) is 9.28. The first kappa shape index (κ1) is 22.3. The maximum Gasteiger partial charge on any atom is 0.329 e. The monoisotopic (exact) mass is 456 g/mol. The summed E-state index contributed by atoms with van der Waals surface area (Å²) in [5, 5.41) is 0.611. The zero-order chi connectivity index (χ0) is 22.8. The highest BCUT2D eigenvalue weighted by Crippen LogP contribution is 2.37. The van der Waals surface area contributed by atoms with Gasteiger partial charge >= 0.3 is 5.97 Å². The fourth-order valence-corrected chi connectivity index (χ4v) is 4.37. The molecule has 3 atom stereocenters. The highest BCUT2D eigenvalue weighted by molar-refractivity contribution is 6.30. The summed E-state index contributed by atoms with van der Waals surface area (Å²) in [7, 11) is 0. The van der Waals surface area contributed by atoms with E-state index in [0.717, 1.165) is 10.5 Å². The summed E-state index contributed by atoms with van der Waals surface area (Å²) in [4.78, 5) is 44.2. The Balaban J connectivity index is 1.46. The van der Waals surface area contributed by atoms with Gasteiger partial charge in [-0.2, -0.15) is 0 Å². The molecule has 0 saturated carbocycles. The minimum atomic E-state index is -0.953. The number of hydrogen-bond donors (Lipinski definition) is 0. The van der Waals surface area contributed by atoms with Crippen LogP contribution in [0, 0.1) is 17.8 Å². The number of oxazole rings is 1. The van der Waals surface area contributed by atoms with Crippen LogP contribution in [0.1, 0.15) is 39.0 Å². The molecule has 2 heterocycles. The second-order valence-electron chi connectivity index (χ2n) is 8.58. The number of ether oxygens (including phenoxy) is 1. The second-order valence-corrected chi connectivity index (χ2v) is 9.02. The van der Waals surface area contributed by atoms with E-state index in [4.69, 9.17) is 20.8 Å². The summed E-state index contributed by atoms with van der Waals surface area (Å²) in [5.74, 6) is -1.13. The van der Waals surface area contributed by atoms with Crippen molar-refractivity contribution in [3.05, 3.63) is 53.5 Å². The van der Waals surface area contributed by atoms with Crippen molar-refractivity contribution in [2.24, 2.45) is 17.8 Å². The van der Waals surface area contributed by atoms with Crippen molar-refractivity contribution in [3.8, 4) is 11.3 Å². The molecule has 1 saturated heterocycles. The van der Waals surface area contributed by atoms with E-state index in [-0.39, 0.29) is 42.1 Å². The van der Waals surface area contributed by atoms with E-state index in [1.165, 1.54) is 0 Å². The Morgan fingerprint density at radius 3 is 2.38 bits per heavy atom. The Bertz CT molecular complexity index is 1020. The summed E-state index contributed by atoms with van der Waals surface area (Å²) in [6.45, 7) is 3.68. The maximum absolute atomic E-state index is 13.0. The third-order valence-electron chi connectivity index (χ3n) is 5.84. The lowest BCUT2D eigenvalue weighted by molar-refractivity contribution is -0.161. The third-order valence-corrected chi connectivity index (χ3v) is 6.09. The molecule has 2 aromatic rings. The normalized spacial score (nSPS) is 21.2. The van der Waals surface area contributed by atoms with E-state index >= 15 is 0 Å². The van der Waals surface area contributed by atoms with Gasteiger partial charge in [-0.1, -0.05) is 37.6 Å². The molecule has 0 spiro atoms. The van der Waals surface area contributed by atoms with Crippen molar-refractivity contribution >= 4 is 29.4 Å². The molecule has 32 heavy (non-hydrogen) atoms. The van der Waals surface area contributed by atoms with Crippen LogP contribution in [0.2, 0.25) is 5.02 Å². The van der Waals surface area contributed by atoms with Crippen LogP contribution in [-0.2, 0) is 25.7 Å². The molecule has 1 aromatic heterocycles. The number of fused-ring (bicyclic) bond motifs is 1. The number of nitrogens with zero attached hydrogens (tertiary/aromatic N) is 2. The Morgan fingerprint density at radius 1 is 1.16 bits per heavy atom. The molecule has 0 radical (unpaired) electrons. The van der Waals surface area contributed by atoms with Crippen molar-refractivity contribution in [3.63, 3.8) is 0 Å². The first-order valence-electron chi connectivity index (χ1n) is 10.7. The van der Waals surface area contributed by atoms with Gasteiger partial charge in [0.15, 0.2) is 12.4 Å². The topological polar surface area (TPSA) is 89.7 Å². The van der Waals surface area contributed by atoms with Gasteiger partial charge in [-0.3, -0.25) is 14.5 Å². The van der Waals surface area contributed by atoms with Crippen LogP contribution in [0.5, 0.6) is 0 Å². The molecule has 8 heteroatoms. The highest BCUT2D eigenvalue weighted by atomic mass is 35.5. The fraction of sp³-hybridized carbons (Fsp3) is 0.417. The molecular formula is C24H25ClN2O5. The number of amides is 2. The van der Waals surface area contributed by atoms with E-state index in [9.17, 15) is 14.4 Å². The molecule has 2 aliphatic rings. The van der Waals surface area contributed by atoms with E-state index < -0.39 is 12.0 Å². The highest BCUT2D eigenvalue weighted by Gasteiger charge is 2.51. The maximum atomic E-state index is 13.0. The fourth-order valence-electron chi connectivity index (χ4n) is 4.24. The predicted octanol–water partition coefficient (Wildman–Crippen LogP) is 4.40. The largest absolute Gasteiger partial charge is 0.454 e. The predicted molar refractivity (Wildman–Crippen MR) is 117 cm³/mol. The number of halogens is 1. The van der Waals surface area contributed by atoms with Crippen LogP contribution in [0.4, 0.5) is 0 Å². The average Bonchev–Trinajstić information content (AvgIpc) is 3.34. The third kappa shape index (κ3) is 4.48. The van der Waals surface area contributed by atoms with Crippen molar-refractivity contribution in [2.45, 2.75) is 45.8 Å². The summed E-state index contributed by atoms with van der Waals surface area (Å²) in [6.07, 6.45) is 6.78. The molecule has 2 amide bonds. The lowest BCUT2D eigenvalue weighted by atomic mass is 9.85. The zero-order valence-corrected chi connectivity index (χ0v) is 18.7. The van der Waals surface area contributed by atoms with Crippen LogP contribution in [0.15, 0.2) is 47.0 Å². The van der Waals surface area contributed by atoms with Crippen LogP contribution in [0.25, 0.3) is 11.3 Å². The lowest BCUT2D eigenvalue weighted by Crippen LogP contribution is -2.47. The molecule has 7 nitrogen and oxygen atoms in total. The molecule has 168 valence electrons. The molecule has 1 aromatic carbocycles. The molecule has 3 unspecified atom stereocenters. The van der Waals surface area contributed by atoms with Crippen molar-refractivity contribution in [1.82, 2.24) is 9.88 Å². The SMILES string of the molecule is CC(C)CC(C(=O)OCc1ncc(-c2ccc(Cl)cc2)o1)N1C(=O)C2CC=CCC2C1=O. The number of aromatic nitrogens is 1. The molecule has 0 bridgehead atoms. The molecule has 1 aliphatic carbocycles. The Labute approximate surface area is 191 Å². The standard InChI is InChI=1S/C24H25ClN2O5/c1-14(2)11-19(27-22(28)17-5-3-4-6-18(17)23(27)29)24(30)31-13-21-26-12-20(32-21)15-7-9-16(25)10-8-15/h3-4,7-10,12,14,17-19H,5-6,11,13H2,1-2H3. The summed E-state index contributed by atoms with van der Waals surface area (Å²) in [6, 6.07) is 6.14. The van der Waals surface area contributed by atoms with E-state index in [2.05, 4.69) is 4.98 Å². The van der Waals surface area contributed by atoms with Gasteiger partial charge in [0.25, 0.3) is 0 Å². The molecular weight excluding hydrogens is 432 g/mol. The minimum Gasteiger partial charge on any atom is -0.454 e. The minimum absolute atomic E-state index is 0.0900. The van der Waals surface area contributed by atoms with Crippen LogP contribution in [0.3, 0.4) is 0 Å². The summed E-state index contributed by atoms with van der Waals surface area (Å²) in [5.41, 5.74) is 0.793. The van der Waals surface area contributed by atoms with Crippen molar-refractivity contribution < 1.29 is 23.5 Å². The van der Waals surface area contributed by atoms with Crippen LogP contribution in [-0.4, -0.2) is 33.7 Å². The summed E-state index contributed by atoms with van der Waals surface area (Å²) >= 11 is 5.91. The van der Waals surface area contributed by atoms with Gasteiger partial charge in [0.1, 0.15) is 6.04 Å². The summed E-state index contributed by atoms with van der Waals surface area (Å²) < 4.78 is 11.1. The average molecular weight is 457 g/mol. The number of allylic oxidation sites excluding steroid dienone is 2. The number of carbonyl (C=O) groups is 3. The number of hydrogen-bond acceptors (Lipinski definition) is 6. The number of rotatable bonds is 7. The number of imide groups is 1. The van der Waals surface area contributed by atoms with Gasteiger partial charge in [0, 0.05) is 10.6 Å². The first-order chi connectivity index (χ1) is 15.3. The molecule has 1 aliphatic heterocycles. The van der Waals surface area contributed by atoms with E-state index in [0.29, 0.717) is 30.0 Å². The smallest absolute Gasteiger partial charge is 0.329 e. The molecule has 1 fully saturated rings. The Kier molecular flexibility index (Phi) is 6.46.